The van der Waals surface area contributed by atoms with Crippen LogP contribution in [0.5, 0.6) is 0 Å². The molecule has 0 amide bonds. The third-order valence-corrected chi connectivity index (χ3v) is 5.32. The Balaban J connectivity index is 1.75. The van der Waals surface area contributed by atoms with Gasteiger partial charge in [0.25, 0.3) is 0 Å². The summed E-state index contributed by atoms with van der Waals surface area (Å²) >= 11 is 1.80. The summed E-state index contributed by atoms with van der Waals surface area (Å²) in [6.07, 6.45) is 6.13. The normalized spacial score (nSPS) is 27.4. The Morgan fingerprint density at radius 1 is 1.42 bits per heavy atom. The van der Waals surface area contributed by atoms with Crippen LogP contribution in [0.3, 0.4) is 0 Å². The number of ether oxygens (including phenoxy) is 1. The van der Waals surface area contributed by atoms with E-state index >= 15 is 0 Å². The lowest BCUT2D eigenvalue weighted by Gasteiger charge is -2.32. The highest BCUT2D eigenvalue weighted by Crippen LogP contribution is 2.37. The summed E-state index contributed by atoms with van der Waals surface area (Å²) in [7, 11) is 0. The molecule has 2 N–H and O–H groups in total. The Hall–Kier alpha value is -0.650. The van der Waals surface area contributed by atoms with Crippen molar-refractivity contribution in [2.75, 3.05) is 24.6 Å². The van der Waals surface area contributed by atoms with Crippen LogP contribution in [0.2, 0.25) is 0 Å². The fourth-order valence-corrected chi connectivity index (χ4v) is 4.24. The Morgan fingerprint density at radius 3 is 3.11 bits per heavy atom. The quantitative estimate of drug-likeness (QED) is 0.925. The molecule has 2 atom stereocenters. The van der Waals surface area contributed by atoms with Crippen LogP contribution in [-0.2, 0) is 11.2 Å². The number of nitrogens with two attached hydrogens (primary N) is 1. The van der Waals surface area contributed by atoms with Crippen LogP contribution in [0, 0.1) is 0 Å². The van der Waals surface area contributed by atoms with Gasteiger partial charge in [0.2, 0.25) is 0 Å². The van der Waals surface area contributed by atoms with Crippen molar-refractivity contribution in [3.05, 3.63) is 10.6 Å². The highest BCUT2D eigenvalue weighted by molar-refractivity contribution is 7.15. The van der Waals surface area contributed by atoms with Crippen molar-refractivity contribution in [3.8, 4) is 0 Å². The lowest BCUT2D eigenvalue weighted by molar-refractivity contribution is 0.0526. The second-order valence-electron chi connectivity index (χ2n) is 5.47. The molecule has 0 spiro atoms. The molecular formula is C14H23N3OS. The van der Waals surface area contributed by atoms with Crippen LogP contribution in [0.15, 0.2) is 0 Å². The summed E-state index contributed by atoms with van der Waals surface area (Å²) in [6, 6.07) is 0.211. The van der Waals surface area contributed by atoms with Gasteiger partial charge in [-0.1, -0.05) is 11.3 Å². The van der Waals surface area contributed by atoms with Gasteiger partial charge in [-0.25, -0.2) is 4.98 Å². The lowest BCUT2D eigenvalue weighted by Crippen LogP contribution is -2.39. The molecule has 4 nitrogen and oxygen atoms in total. The molecule has 2 unspecified atom stereocenters. The Bertz CT molecular complexity index is 432. The van der Waals surface area contributed by atoms with Crippen LogP contribution < -0.4 is 10.6 Å². The van der Waals surface area contributed by atoms with Gasteiger partial charge in [0, 0.05) is 30.6 Å². The third kappa shape index (κ3) is 2.78. The van der Waals surface area contributed by atoms with E-state index in [2.05, 4.69) is 11.8 Å². The van der Waals surface area contributed by atoms with E-state index in [0.29, 0.717) is 6.10 Å². The van der Waals surface area contributed by atoms with E-state index in [1.807, 2.05) is 0 Å². The number of thiazole rings is 1. The summed E-state index contributed by atoms with van der Waals surface area (Å²) in [5.74, 6) is 0. The molecule has 1 saturated heterocycles. The monoisotopic (exact) mass is 281 g/mol. The fourth-order valence-electron chi connectivity index (χ4n) is 3.06. The maximum Gasteiger partial charge on any atom is 0.185 e. The fraction of sp³-hybridized carbons (Fsp3) is 0.786. The van der Waals surface area contributed by atoms with Crippen LogP contribution in [-0.4, -0.2) is 30.8 Å². The first-order chi connectivity index (χ1) is 9.28. The van der Waals surface area contributed by atoms with E-state index in [1.54, 1.807) is 11.3 Å². The number of aryl methyl sites for hydroxylation is 1. The summed E-state index contributed by atoms with van der Waals surface area (Å²) in [6.45, 7) is 4.96. The van der Waals surface area contributed by atoms with Gasteiger partial charge in [-0.15, -0.1) is 0 Å². The van der Waals surface area contributed by atoms with Crippen molar-refractivity contribution in [2.45, 2.75) is 51.2 Å². The average Bonchev–Trinajstić information content (AvgIpc) is 2.85. The van der Waals surface area contributed by atoms with Crippen LogP contribution in [0.1, 0.15) is 49.2 Å². The molecule has 0 aromatic carbocycles. The SMILES string of the molecule is CCOC1CCCN(c2nc3c(s2)C(N)CCC3)C1. The molecule has 1 aromatic heterocycles. The van der Waals surface area contributed by atoms with Crippen molar-refractivity contribution in [2.24, 2.45) is 5.73 Å². The number of rotatable bonds is 3. The lowest BCUT2D eigenvalue weighted by atomic mass is 9.99. The van der Waals surface area contributed by atoms with Crippen molar-refractivity contribution >= 4 is 16.5 Å². The van der Waals surface area contributed by atoms with Crippen LogP contribution >= 0.6 is 11.3 Å². The van der Waals surface area contributed by atoms with Gasteiger partial charge >= 0.3 is 0 Å². The van der Waals surface area contributed by atoms with Gasteiger partial charge < -0.3 is 15.4 Å². The molecule has 1 aliphatic carbocycles. The molecule has 1 fully saturated rings. The van der Waals surface area contributed by atoms with Gasteiger partial charge in [-0.2, -0.15) is 0 Å². The van der Waals surface area contributed by atoms with E-state index in [-0.39, 0.29) is 6.04 Å². The molecule has 19 heavy (non-hydrogen) atoms. The Morgan fingerprint density at radius 2 is 2.32 bits per heavy atom. The minimum Gasteiger partial charge on any atom is -0.377 e. The molecule has 3 rings (SSSR count). The number of anilines is 1. The number of hydrogen-bond acceptors (Lipinski definition) is 5. The summed E-state index contributed by atoms with van der Waals surface area (Å²) in [5.41, 5.74) is 7.44. The van der Waals surface area contributed by atoms with Crippen molar-refractivity contribution in [1.82, 2.24) is 4.98 Å². The minimum absolute atomic E-state index is 0.211. The molecule has 1 aliphatic heterocycles. The second-order valence-corrected chi connectivity index (χ2v) is 6.48. The Kier molecular flexibility index (Phi) is 4.05. The van der Waals surface area contributed by atoms with Gasteiger partial charge in [-0.3, -0.25) is 0 Å². The van der Waals surface area contributed by atoms with Crippen molar-refractivity contribution in [3.63, 3.8) is 0 Å². The molecule has 1 aromatic rings. The van der Waals surface area contributed by atoms with Gasteiger partial charge in [0.05, 0.1) is 11.8 Å². The Labute approximate surface area is 119 Å². The highest BCUT2D eigenvalue weighted by atomic mass is 32.1. The number of hydrogen-bond donors (Lipinski definition) is 1. The summed E-state index contributed by atoms with van der Waals surface area (Å²) in [5, 5.41) is 1.16. The van der Waals surface area contributed by atoms with E-state index < -0.39 is 0 Å². The molecular weight excluding hydrogens is 258 g/mol. The second kappa shape index (κ2) is 5.77. The van der Waals surface area contributed by atoms with Crippen molar-refractivity contribution in [1.29, 1.82) is 0 Å². The van der Waals surface area contributed by atoms with Gasteiger partial charge in [0.1, 0.15) is 0 Å². The number of nitrogens with zero attached hydrogens (tertiary/aromatic N) is 2. The van der Waals surface area contributed by atoms with Crippen LogP contribution in [0.4, 0.5) is 5.13 Å². The molecule has 2 aliphatic rings. The topological polar surface area (TPSA) is 51.4 Å². The van der Waals surface area contributed by atoms with Crippen molar-refractivity contribution < 1.29 is 4.74 Å². The predicted molar refractivity (Wildman–Crippen MR) is 78.8 cm³/mol. The summed E-state index contributed by atoms with van der Waals surface area (Å²) < 4.78 is 5.77. The summed E-state index contributed by atoms with van der Waals surface area (Å²) in [4.78, 5) is 8.54. The maximum absolute atomic E-state index is 6.19. The largest absolute Gasteiger partial charge is 0.377 e. The first-order valence-corrected chi connectivity index (χ1v) is 8.21. The van der Waals surface area contributed by atoms with Gasteiger partial charge in [-0.05, 0) is 39.0 Å². The zero-order valence-electron chi connectivity index (χ0n) is 11.6. The molecule has 0 bridgehead atoms. The average molecular weight is 281 g/mol. The van der Waals surface area contributed by atoms with Crippen LogP contribution in [0.25, 0.3) is 0 Å². The first-order valence-electron chi connectivity index (χ1n) is 7.39. The van der Waals surface area contributed by atoms with E-state index in [4.69, 9.17) is 15.5 Å². The maximum atomic E-state index is 6.19. The van der Waals surface area contributed by atoms with E-state index in [1.165, 1.54) is 29.8 Å². The third-order valence-electron chi connectivity index (χ3n) is 4.03. The standard InChI is InChI=1S/C14H23N3OS/c1-2-18-10-5-4-8-17(9-10)14-16-12-7-3-6-11(15)13(12)19-14/h10-11H,2-9,15H2,1H3. The minimum atomic E-state index is 0.211. The van der Waals surface area contributed by atoms with E-state index in [0.717, 1.165) is 37.7 Å². The molecule has 0 saturated carbocycles. The smallest absolute Gasteiger partial charge is 0.185 e. The zero-order chi connectivity index (χ0) is 13.2. The number of piperidine rings is 1. The molecule has 2 heterocycles. The number of fused-ring (bicyclic) bond motifs is 1. The molecule has 0 radical (unpaired) electrons. The van der Waals surface area contributed by atoms with E-state index in [9.17, 15) is 0 Å². The first kappa shape index (κ1) is 13.3. The highest BCUT2D eigenvalue weighted by Gasteiger charge is 2.26. The predicted octanol–water partition coefficient (Wildman–Crippen LogP) is 2.48. The molecule has 5 heteroatoms. The number of aromatic nitrogens is 1. The van der Waals surface area contributed by atoms with Gasteiger partial charge in [0.15, 0.2) is 5.13 Å². The molecule has 106 valence electrons. The zero-order valence-corrected chi connectivity index (χ0v) is 12.4.